The third-order valence-corrected chi connectivity index (χ3v) is 8.35. The van der Waals surface area contributed by atoms with Gasteiger partial charge in [0.05, 0.1) is 0 Å². The maximum atomic E-state index is 12.8. The highest BCUT2D eigenvalue weighted by molar-refractivity contribution is 8.00. The van der Waals surface area contributed by atoms with Gasteiger partial charge in [-0.2, -0.15) is 0 Å². The van der Waals surface area contributed by atoms with Crippen LogP contribution in [0.5, 0.6) is 0 Å². The fourth-order valence-corrected chi connectivity index (χ4v) is 6.29. The molecule has 0 saturated carbocycles. The number of anilines is 1. The Labute approximate surface area is 205 Å². The van der Waals surface area contributed by atoms with Crippen LogP contribution in [0.2, 0.25) is 0 Å². The van der Waals surface area contributed by atoms with E-state index in [1.807, 2.05) is 0 Å². The summed E-state index contributed by atoms with van der Waals surface area (Å²) in [5, 5.41) is 38.2. The number of aromatic nitrogens is 5. The highest BCUT2D eigenvalue weighted by Crippen LogP contribution is 2.44. The molecule has 4 N–H and O–H groups in total. The molecule has 3 atom stereocenters. The van der Waals surface area contributed by atoms with Gasteiger partial charge in [-0.25, -0.2) is 9.67 Å². The van der Waals surface area contributed by atoms with Gasteiger partial charge in [0.25, 0.3) is 5.91 Å². The molecule has 0 aliphatic carbocycles. The lowest BCUT2D eigenvalue weighted by molar-refractivity contribution is -0.157. The summed E-state index contributed by atoms with van der Waals surface area (Å²) in [5.41, 5.74) is -1.69. The number of amides is 3. The zero-order valence-corrected chi connectivity index (χ0v) is 19.7. The first-order valence-corrected chi connectivity index (χ1v) is 12.0. The maximum Gasteiger partial charge on any atom is 0.313 e. The number of tetrazole rings is 1. The third kappa shape index (κ3) is 4.63. The standard InChI is InChI=1S/C18H19N9O6S2/c1-26-17(22-24-25-26)35-7-18(16(31)32)5-27-14(30)12(15(27)34-6-18)21-13(29)11(23-33)9-3-2-4-10(20-9)19-8-28/h2-4,8,12,15,33H,5-7H2,1H3,(H,21,29)(H,31,32)(H,19,20,28)/t12?,15-,18?/m1/s1. The lowest BCUT2D eigenvalue weighted by Crippen LogP contribution is -2.74. The van der Waals surface area contributed by atoms with Crippen molar-refractivity contribution < 1.29 is 29.5 Å². The van der Waals surface area contributed by atoms with Crippen molar-refractivity contribution in [1.29, 1.82) is 0 Å². The van der Waals surface area contributed by atoms with Crippen LogP contribution in [0.3, 0.4) is 0 Å². The number of carbonyl (C=O) groups excluding carboxylic acids is 3. The average molecular weight is 522 g/mol. The minimum Gasteiger partial charge on any atom is -0.481 e. The second-order valence-corrected chi connectivity index (χ2v) is 9.74. The van der Waals surface area contributed by atoms with Gasteiger partial charge in [-0.05, 0) is 22.6 Å². The summed E-state index contributed by atoms with van der Waals surface area (Å²) < 4.78 is 1.43. The Kier molecular flexibility index (Phi) is 6.88. The molecule has 2 aromatic heterocycles. The van der Waals surface area contributed by atoms with Crippen LogP contribution in [0.25, 0.3) is 0 Å². The topological polar surface area (TPSA) is 205 Å². The summed E-state index contributed by atoms with van der Waals surface area (Å²) in [4.78, 5) is 53.7. The highest BCUT2D eigenvalue weighted by Gasteiger charge is 2.57. The lowest BCUT2D eigenvalue weighted by Gasteiger charge is -2.53. The number of aliphatic carboxylic acids is 1. The van der Waals surface area contributed by atoms with Gasteiger partial charge in [-0.1, -0.05) is 23.0 Å². The van der Waals surface area contributed by atoms with Crippen molar-refractivity contribution in [1.82, 2.24) is 35.4 Å². The maximum absolute atomic E-state index is 12.8. The van der Waals surface area contributed by atoms with E-state index in [4.69, 9.17) is 0 Å². The predicted octanol–water partition coefficient (Wildman–Crippen LogP) is -1.39. The molecular formula is C18H19N9O6S2. The second kappa shape index (κ2) is 9.87. The first-order chi connectivity index (χ1) is 16.8. The van der Waals surface area contributed by atoms with Gasteiger partial charge in [-0.3, -0.25) is 19.2 Å². The van der Waals surface area contributed by atoms with Crippen molar-refractivity contribution in [2.75, 3.05) is 23.4 Å². The van der Waals surface area contributed by atoms with Gasteiger partial charge >= 0.3 is 5.97 Å². The molecule has 2 fully saturated rings. The Hall–Kier alpha value is -3.73. The molecule has 0 bridgehead atoms. The largest absolute Gasteiger partial charge is 0.481 e. The zero-order chi connectivity index (χ0) is 25.2. The van der Waals surface area contributed by atoms with Gasteiger partial charge in [0, 0.05) is 25.1 Å². The molecule has 184 valence electrons. The number of nitrogens with one attached hydrogen (secondary N) is 2. The Morgan fingerprint density at radius 2 is 2.23 bits per heavy atom. The normalized spacial score (nSPS) is 23.7. The number of oxime groups is 1. The molecule has 4 rings (SSSR count). The van der Waals surface area contributed by atoms with Gasteiger partial charge in [-0.15, -0.1) is 16.9 Å². The number of β-lactam (4-membered cyclic amide) rings is 1. The smallest absolute Gasteiger partial charge is 0.313 e. The van der Waals surface area contributed by atoms with E-state index in [9.17, 15) is 29.5 Å². The van der Waals surface area contributed by atoms with Crippen LogP contribution in [0.4, 0.5) is 5.82 Å². The molecule has 15 nitrogen and oxygen atoms in total. The number of aryl methyl sites for hydroxylation is 1. The Morgan fingerprint density at radius 1 is 1.43 bits per heavy atom. The zero-order valence-electron chi connectivity index (χ0n) is 18.1. The summed E-state index contributed by atoms with van der Waals surface area (Å²) in [6.45, 7) is -0.0363. The second-order valence-electron chi connectivity index (χ2n) is 7.70. The van der Waals surface area contributed by atoms with E-state index in [-0.39, 0.29) is 29.6 Å². The van der Waals surface area contributed by atoms with E-state index in [0.29, 0.717) is 11.6 Å². The summed E-state index contributed by atoms with van der Waals surface area (Å²) in [6.07, 6.45) is 0.406. The van der Waals surface area contributed by atoms with Gasteiger partial charge < -0.3 is 25.8 Å². The highest BCUT2D eigenvalue weighted by atomic mass is 32.2. The summed E-state index contributed by atoms with van der Waals surface area (Å²) in [6, 6.07) is 3.45. The molecule has 2 aromatic rings. The number of pyridine rings is 1. The Morgan fingerprint density at radius 3 is 2.89 bits per heavy atom. The number of carbonyl (C=O) groups is 4. The Bertz CT molecular complexity index is 1210. The van der Waals surface area contributed by atoms with Crippen LogP contribution in [-0.2, 0) is 26.2 Å². The number of nitrogens with zero attached hydrogens (tertiary/aromatic N) is 7. The molecule has 2 unspecified atom stereocenters. The summed E-state index contributed by atoms with van der Waals surface area (Å²) in [5.74, 6) is -1.86. The Balaban J connectivity index is 1.42. The molecule has 2 saturated heterocycles. The quantitative estimate of drug-likeness (QED) is 0.0752. The van der Waals surface area contributed by atoms with Crippen molar-refractivity contribution in [2.45, 2.75) is 16.6 Å². The number of thioether (sulfide) groups is 2. The van der Waals surface area contributed by atoms with Crippen molar-refractivity contribution >= 4 is 59.2 Å². The monoisotopic (exact) mass is 521 g/mol. The molecule has 0 aromatic carbocycles. The number of carboxylic acid groups (broad SMARTS) is 1. The van der Waals surface area contributed by atoms with Crippen molar-refractivity contribution in [3.05, 3.63) is 23.9 Å². The van der Waals surface area contributed by atoms with Crippen molar-refractivity contribution in [3.8, 4) is 0 Å². The van der Waals surface area contributed by atoms with Crippen LogP contribution < -0.4 is 10.6 Å². The van der Waals surface area contributed by atoms with E-state index >= 15 is 0 Å². The first kappa shape index (κ1) is 24.4. The molecule has 0 spiro atoms. The van der Waals surface area contributed by atoms with Gasteiger partial charge in [0.1, 0.15) is 28.3 Å². The molecule has 17 heteroatoms. The fourth-order valence-electron chi connectivity index (χ4n) is 3.58. The molecular weight excluding hydrogens is 502 g/mol. The van der Waals surface area contributed by atoms with Crippen LogP contribution >= 0.6 is 23.5 Å². The first-order valence-electron chi connectivity index (χ1n) is 10.0. The summed E-state index contributed by atoms with van der Waals surface area (Å²) >= 11 is 2.42. The molecule has 2 aliphatic rings. The van der Waals surface area contributed by atoms with Gasteiger partial charge in [0.2, 0.25) is 17.5 Å². The van der Waals surface area contributed by atoms with Gasteiger partial charge in [0.15, 0.2) is 5.71 Å². The van der Waals surface area contributed by atoms with Crippen LogP contribution in [0, 0.1) is 5.41 Å². The van der Waals surface area contributed by atoms with Crippen LogP contribution in [0.15, 0.2) is 28.5 Å². The third-order valence-electron chi connectivity index (χ3n) is 5.46. The average Bonchev–Trinajstić information content (AvgIpc) is 3.26. The molecule has 3 amide bonds. The SMILES string of the molecule is Cn1nnnc1SCC1(C(=O)O)CS[C@@H]2C(NC(=O)C(=NO)c3cccc(NC=O)n3)C(=O)N2C1. The van der Waals surface area contributed by atoms with Crippen LogP contribution in [0.1, 0.15) is 5.69 Å². The molecule has 0 radical (unpaired) electrons. The van der Waals surface area contributed by atoms with Crippen molar-refractivity contribution in [2.24, 2.45) is 17.6 Å². The fraction of sp³-hybridized carbons (Fsp3) is 0.389. The van der Waals surface area contributed by atoms with E-state index in [0.717, 1.165) is 0 Å². The van der Waals surface area contributed by atoms with E-state index in [2.05, 4.69) is 36.3 Å². The van der Waals surface area contributed by atoms with E-state index < -0.39 is 40.3 Å². The minimum absolute atomic E-state index is 0.0167. The molecule has 2 aliphatic heterocycles. The molecule has 4 heterocycles. The molecule has 35 heavy (non-hydrogen) atoms. The van der Waals surface area contributed by atoms with E-state index in [1.54, 1.807) is 7.05 Å². The lowest BCUT2D eigenvalue weighted by atomic mass is 9.89. The van der Waals surface area contributed by atoms with Crippen LogP contribution in [-0.4, -0.2) is 99.8 Å². The number of fused-ring (bicyclic) bond motifs is 1. The number of hydrogen-bond donors (Lipinski definition) is 4. The number of hydrogen-bond acceptors (Lipinski definition) is 12. The summed E-state index contributed by atoms with van der Waals surface area (Å²) in [7, 11) is 1.64. The predicted molar refractivity (Wildman–Crippen MR) is 122 cm³/mol. The minimum atomic E-state index is -1.23. The van der Waals surface area contributed by atoms with E-state index in [1.165, 1.54) is 51.3 Å². The van der Waals surface area contributed by atoms with Crippen molar-refractivity contribution in [3.63, 3.8) is 0 Å². The number of carboxylic acids is 1. The number of rotatable bonds is 9.